The van der Waals surface area contributed by atoms with Crippen molar-refractivity contribution >= 4 is 15.9 Å². The summed E-state index contributed by atoms with van der Waals surface area (Å²) >= 11 is 3.45. The predicted molar refractivity (Wildman–Crippen MR) is 74.5 cm³/mol. The molecule has 0 saturated carbocycles. The van der Waals surface area contributed by atoms with Crippen molar-refractivity contribution in [3.8, 4) is 5.75 Å². The van der Waals surface area contributed by atoms with Crippen LogP contribution in [0.5, 0.6) is 5.75 Å². The van der Waals surface area contributed by atoms with Crippen LogP contribution in [-0.4, -0.2) is 16.2 Å². The lowest BCUT2D eigenvalue weighted by Gasteiger charge is -2.10. The second kappa shape index (κ2) is 6.02. The molecule has 1 aromatic carbocycles. The quantitative estimate of drug-likeness (QED) is 0.923. The zero-order chi connectivity index (χ0) is 13.0. The molecule has 0 saturated heterocycles. The number of nitrogens with two attached hydrogens (primary N) is 1. The van der Waals surface area contributed by atoms with Gasteiger partial charge in [-0.1, -0.05) is 15.9 Å². The smallest absolute Gasteiger partial charge is 0.119 e. The summed E-state index contributed by atoms with van der Waals surface area (Å²) in [6.07, 6.45) is 3.74. The van der Waals surface area contributed by atoms with E-state index in [2.05, 4.69) is 25.5 Å². The van der Waals surface area contributed by atoms with Crippen LogP contribution in [0.25, 0.3) is 0 Å². The number of aromatic nitrogens is 2. The van der Waals surface area contributed by atoms with Gasteiger partial charge in [0.1, 0.15) is 18.2 Å². The van der Waals surface area contributed by atoms with E-state index in [1.54, 1.807) is 6.20 Å². The lowest BCUT2D eigenvalue weighted by molar-refractivity contribution is 0.296. The minimum absolute atomic E-state index is 0.498. The molecule has 1 aromatic heterocycles. The van der Waals surface area contributed by atoms with E-state index in [1.807, 2.05) is 31.3 Å². The van der Waals surface area contributed by atoms with Crippen molar-refractivity contribution in [1.29, 1.82) is 0 Å². The molecule has 2 aromatic rings. The van der Waals surface area contributed by atoms with Crippen LogP contribution in [0.4, 0.5) is 0 Å². The Bertz CT molecular complexity index is 525. The van der Waals surface area contributed by atoms with Crippen LogP contribution in [0.2, 0.25) is 0 Å². The Kier molecular flexibility index (Phi) is 4.38. The third-order valence-electron chi connectivity index (χ3n) is 2.76. The van der Waals surface area contributed by atoms with Gasteiger partial charge in [-0.25, -0.2) is 4.98 Å². The maximum atomic E-state index is 5.71. The summed E-state index contributed by atoms with van der Waals surface area (Å²) in [5.74, 6) is 1.84. The first-order valence-electron chi connectivity index (χ1n) is 5.79. The van der Waals surface area contributed by atoms with Gasteiger partial charge in [0.05, 0.1) is 6.54 Å². The number of halogens is 1. The lowest BCUT2D eigenvalue weighted by Crippen LogP contribution is -2.09. The molecule has 0 bridgehead atoms. The second-order valence-corrected chi connectivity index (χ2v) is 4.83. The van der Waals surface area contributed by atoms with Gasteiger partial charge in [-0.15, -0.1) is 0 Å². The van der Waals surface area contributed by atoms with Gasteiger partial charge in [0, 0.05) is 23.4 Å². The molecule has 0 fully saturated rings. The van der Waals surface area contributed by atoms with Crippen molar-refractivity contribution < 1.29 is 4.74 Å². The Labute approximate surface area is 115 Å². The maximum absolute atomic E-state index is 5.71. The number of ether oxygens (including phenoxy) is 1. The highest BCUT2D eigenvalue weighted by atomic mass is 79.9. The first-order chi connectivity index (χ1) is 8.70. The first kappa shape index (κ1) is 13.1. The molecule has 0 radical (unpaired) electrons. The summed E-state index contributed by atoms with van der Waals surface area (Å²) in [6, 6.07) is 5.86. The van der Waals surface area contributed by atoms with E-state index in [0.29, 0.717) is 13.2 Å². The maximum Gasteiger partial charge on any atom is 0.119 e. The highest BCUT2D eigenvalue weighted by Crippen LogP contribution is 2.22. The second-order valence-electron chi connectivity index (χ2n) is 3.97. The molecule has 2 rings (SSSR count). The molecule has 0 aliphatic rings. The average molecular weight is 310 g/mol. The van der Waals surface area contributed by atoms with Crippen LogP contribution in [0.1, 0.15) is 11.4 Å². The number of benzene rings is 1. The molecule has 18 heavy (non-hydrogen) atoms. The number of imidazole rings is 1. The Morgan fingerprint density at radius 2 is 2.28 bits per heavy atom. The fraction of sp³-hybridized carbons (Fsp3) is 0.308. The van der Waals surface area contributed by atoms with E-state index in [0.717, 1.165) is 28.2 Å². The zero-order valence-electron chi connectivity index (χ0n) is 10.3. The lowest BCUT2D eigenvalue weighted by atomic mass is 10.2. The molecule has 0 unspecified atom stereocenters. The topological polar surface area (TPSA) is 53.1 Å². The Balaban J connectivity index is 1.92. The van der Waals surface area contributed by atoms with Gasteiger partial charge < -0.3 is 15.0 Å². The number of nitrogens with zero attached hydrogens (tertiary/aromatic N) is 2. The average Bonchev–Trinajstić information content (AvgIpc) is 2.77. The highest BCUT2D eigenvalue weighted by Gasteiger charge is 2.02. The van der Waals surface area contributed by atoms with Crippen molar-refractivity contribution in [1.82, 2.24) is 9.55 Å². The normalized spacial score (nSPS) is 10.6. The van der Waals surface area contributed by atoms with Gasteiger partial charge in [-0.2, -0.15) is 0 Å². The molecule has 0 spiro atoms. The van der Waals surface area contributed by atoms with Crippen molar-refractivity contribution in [3.05, 3.63) is 46.5 Å². The van der Waals surface area contributed by atoms with Gasteiger partial charge in [0.2, 0.25) is 0 Å². The third kappa shape index (κ3) is 3.11. The summed E-state index contributed by atoms with van der Waals surface area (Å²) in [7, 11) is 0. The van der Waals surface area contributed by atoms with E-state index in [1.165, 1.54) is 0 Å². The molecule has 0 aliphatic carbocycles. The van der Waals surface area contributed by atoms with Crippen LogP contribution in [0.15, 0.2) is 35.1 Å². The summed E-state index contributed by atoms with van der Waals surface area (Å²) in [5.41, 5.74) is 6.69. The minimum atomic E-state index is 0.498. The highest BCUT2D eigenvalue weighted by molar-refractivity contribution is 9.10. The van der Waals surface area contributed by atoms with Crippen molar-refractivity contribution in [2.24, 2.45) is 5.73 Å². The van der Waals surface area contributed by atoms with Crippen LogP contribution in [0.3, 0.4) is 0 Å². The molecule has 0 amide bonds. The van der Waals surface area contributed by atoms with Crippen LogP contribution < -0.4 is 10.5 Å². The SMILES string of the molecule is Cc1nccn1CCOc1ccc(Br)c(CN)c1. The Morgan fingerprint density at radius 3 is 2.94 bits per heavy atom. The fourth-order valence-corrected chi connectivity index (χ4v) is 2.11. The third-order valence-corrected chi connectivity index (χ3v) is 3.54. The van der Waals surface area contributed by atoms with Crippen LogP contribution in [0, 0.1) is 6.92 Å². The molecule has 0 aliphatic heterocycles. The summed E-state index contributed by atoms with van der Waals surface area (Å²) in [6.45, 7) is 3.88. The molecule has 4 nitrogen and oxygen atoms in total. The number of rotatable bonds is 5. The van der Waals surface area contributed by atoms with E-state index in [9.17, 15) is 0 Å². The number of hydrogen-bond donors (Lipinski definition) is 1. The number of hydrogen-bond acceptors (Lipinski definition) is 3. The predicted octanol–water partition coefficient (Wildman–Crippen LogP) is 2.49. The van der Waals surface area contributed by atoms with E-state index >= 15 is 0 Å². The van der Waals surface area contributed by atoms with E-state index < -0.39 is 0 Å². The Morgan fingerprint density at radius 1 is 1.44 bits per heavy atom. The van der Waals surface area contributed by atoms with E-state index in [-0.39, 0.29) is 0 Å². The van der Waals surface area contributed by atoms with Crippen molar-refractivity contribution in [2.75, 3.05) is 6.61 Å². The summed E-state index contributed by atoms with van der Waals surface area (Å²) < 4.78 is 8.78. The molecule has 5 heteroatoms. The molecule has 2 N–H and O–H groups in total. The largest absolute Gasteiger partial charge is 0.492 e. The van der Waals surface area contributed by atoms with Gasteiger partial charge in [0.25, 0.3) is 0 Å². The van der Waals surface area contributed by atoms with Crippen LogP contribution in [-0.2, 0) is 13.1 Å². The van der Waals surface area contributed by atoms with Gasteiger partial charge in [0.15, 0.2) is 0 Å². The van der Waals surface area contributed by atoms with Gasteiger partial charge >= 0.3 is 0 Å². The van der Waals surface area contributed by atoms with Gasteiger partial charge in [-0.3, -0.25) is 0 Å². The number of aryl methyl sites for hydroxylation is 1. The van der Waals surface area contributed by atoms with Crippen molar-refractivity contribution in [3.63, 3.8) is 0 Å². The van der Waals surface area contributed by atoms with E-state index in [4.69, 9.17) is 10.5 Å². The minimum Gasteiger partial charge on any atom is -0.492 e. The standard InChI is InChI=1S/C13H16BrN3O/c1-10-16-4-5-17(10)6-7-18-12-2-3-13(14)11(8-12)9-15/h2-5,8H,6-7,9,15H2,1H3. The van der Waals surface area contributed by atoms with Gasteiger partial charge in [-0.05, 0) is 30.7 Å². The molecular weight excluding hydrogens is 294 g/mol. The monoisotopic (exact) mass is 309 g/mol. The Hall–Kier alpha value is -1.33. The first-order valence-corrected chi connectivity index (χ1v) is 6.59. The molecule has 96 valence electrons. The zero-order valence-corrected chi connectivity index (χ0v) is 11.9. The molecule has 1 heterocycles. The fourth-order valence-electron chi connectivity index (χ4n) is 1.70. The summed E-state index contributed by atoms with van der Waals surface area (Å²) in [4.78, 5) is 4.17. The summed E-state index contributed by atoms with van der Waals surface area (Å²) in [5, 5.41) is 0. The van der Waals surface area contributed by atoms with Crippen LogP contribution >= 0.6 is 15.9 Å². The van der Waals surface area contributed by atoms with Crippen molar-refractivity contribution in [2.45, 2.75) is 20.0 Å². The molecular formula is C13H16BrN3O. The molecule has 0 atom stereocenters.